The molecule has 22 heavy (non-hydrogen) atoms. The largest absolute Gasteiger partial charge is 0.355 e. The van der Waals surface area contributed by atoms with Gasteiger partial charge in [-0.2, -0.15) is 0 Å². The molecule has 0 saturated carbocycles. The van der Waals surface area contributed by atoms with Crippen LogP contribution >= 0.6 is 0 Å². The van der Waals surface area contributed by atoms with Gasteiger partial charge in [-0.3, -0.25) is 9.78 Å². The van der Waals surface area contributed by atoms with Crippen molar-refractivity contribution in [3.05, 3.63) is 42.4 Å². The summed E-state index contributed by atoms with van der Waals surface area (Å²) >= 11 is 0. The lowest BCUT2D eigenvalue weighted by Crippen LogP contribution is -2.33. The van der Waals surface area contributed by atoms with Crippen molar-refractivity contribution in [1.29, 1.82) is 0 Å². The molecule has 1 fully saturated rings. The minimum atomic E-state index is -0.180. The van der Waals surface area contributed by atoms with Crippen molar-refractivity contribution < 1.29 is 4.79 Å². The highest BCUT2D eigenvalue weighted by Gasteiger charge is 2.23. The maximum Gasteiger partial charge on any atom is 0.269 e. The highest BCUT2D eigenvalue weighted by Crippen LogP contribution is 2.28. The van der Waals surface area contributed by atoms with Crippen LogP contribution in [0.1, 0.15) is 34.9 Å². The van der Waals surface area contributed by atoms with Crippen molar-refractivity contribution in [3.8, 4) is 0 Å². The van der Waals surface area contributed by atoms with E-state index in [0.717, 1.165) is 37.4 Å². The van der Waals surface area contributed by atoms with Crippen molar-refractivity contribution in [2.24, 2.45) is 0 Å². The van der Waals surface area contributed by atoms with Crippen LogP contribution in [0, 0.1) is 0 Å². The Hall–Kier alpha value is -2.57. The van der Waals surface area contributed by atoms with E-state index in [0.29, 0.717) is 11.6 Å². The predicted octanol–water partition coefficient (Wildman–Crippen LogP) is 1.01. The molecule has 7 heteroatoms. The fourth-order valence-electron chi connectivity index (χ4n) is 2.71. The average Bonchev–Trinajstić information content (AvgIpc) is 2.62. The van der Waals surface area contributed by atoms with Crippen molar-refractivity contribution in [3.63, 3.8) is 0 Å². The maximum absolute atomic E-state index is 11.7. The fourth-order valence-corrected chi connectivity index (χ4v) is 2.71. The molecular weight excluding hydrogens is 280 g/mol. The van der Waals surface area contributed by atoms with Crippen LogP contribution in [0.25, 0.3) is 0 Å². The van der Waals surface area contributed by atoms with Crippen LogP contribution in [0.5, 0.6) is 0 Å². The van der Waals surface area contributed by atoms with Crippen molar-refractivity contribution in [2.45, 2.75) is 18.8 Å². The zero-order valence-corrected chi connectivity index (χ0v) is 12.4. The second kappa shape index (κ2) is 6.46. The second-order valence-electron chi connectivity index (χ2n) is 5.23. The molecule has 114 valence electrons. The molecule has 7 nitrogen and oxygen atoms in total. The predicted molar refractivity (Wildman–Crippen MR) is 81.6 cm³/mol. The van der Waals surface area contributed by atoms with Gasteiger partial charge in [-0.05, 0) is 18.9 Å². The molecule has 0 spiro atoms. The van der Waals surface area contributed by atoms with Gasteiger partial charge in [0.05, 0.1) is 6.20 Å². The van der Waals surface area contributed by atoms with E-state index >= 15 is 0 Å². The third-order valence-corrected chi connectivity index (χ3v) is 3.93. The smallest absolute Gasteiger partial charge is 0.269 e. The van der Waals surface area contributed by atoms with Crippen LogP contribution in [0.4, 0.5) is 5.82 Å². The molecule has 2 aromatic rings. The topological polar surface area (TPSA) is 83.9 Å². The van der Waals surface area contributed by atoms with Gasteiger partial charge < -0.3 is 10.2 Å². The number of carbonyl (C=O) groups is 1. The Morgan fingerprint density at radius 2 is 2.05 bits per heavy atom. The Balaban J connectivity index is 1.68. The number of nitrogens with one attached hydrogen (secondary N) is 1. The number of aromatic nitrogens is 4. The molecular formula is C15H18N6O. The maximum atomic E-state index is 11.7. The lowest BCUT2D eigenvalue weighted by Gasteiger charge is -2.32. The highest BCUT2D eigenvalue weighted by atomic mass is 16.1. The lowest BCUT2D eigenvalue weighted by molar-refractivity contribution is 0.0958. The molecule has 1 N–H and O–H groups in total. The van der Waals surface area contributed by atoms with Crippen molar-refractivity contribution in [1.82, 2.24) is 25.3 Å². The summed E-state index contributed by atoms with van der Waals surface area (Å²) in [5, 5.41) is 2.59. The van der Waals surface area contributed by atoms with Crippen LogP contribution in [-0.4, -0.2) is 46.0 Å². The van der Waals surface area contributed by atoms with E-state index in [-0.39, 0.29) is 5.91 Å². The normalized spacial score (nSPS) is 15.6. The first-order chi connectivity index (χ1) is 10.8. The number of anilines is 1. The summed E-state index contributed by atoms with van der Waals surface area (Å²) in [4.78, 5) is 30.7. The van der Waals surface area contributed by atoms with Crippen LogP contribution < -0.4 is 10.2 Å². The summed E-state index contributed by atoms with van der Waals surface area (Å²) in [5.41, 5.74) is 1.36. The Kier molecular flexibility index (Phi) is 4.22. The summed E-state index contributed by atoms with van der Waals surface area (Å²) in [5.74, 6) is 1.08. The van der Waals surface area contributed by atoms with E-state index in [1.54, 1.807) is 31.7 Å². The molecule has 0 radical (unpaired) electrons. The number of piperidine rings is 1. The number of rotatable bonds is 3. The highest BCUT2D eigenvalue weighted by molar-refractivity contribution is 5.92. The molecule has 3 heterocycles. The summed E-state index contributed by atoms with van der Waals surface area (Å²) in [6.45, 7) is 1.81. The standard InChI is InChI=1S/C15H18N6O/c1-16-15(22)13-8-12(19-10-20-13)11-2-6-21(7-3-11)14-9-17-4-5-18-14/h4-5,8-11H,2-3,6-7H2,1H3,(H,16,22). The molecule has 0 atom stereocenters. The number of hydrogen-bond donors (Lipinski definition) is 1. The molecule has 1 amide bonds. The fraction of sp³-hybridized carbons (Fsp3) is 0.400. The molecule has 0 aromatic carbocycles. The van der Waals surface area contributed by atoms with Crippen LogP contribution in [0.15, 0.2) is 31.0 Å². The van der Waals surface area contributed by atoms with Gasteiger partial charge in [0.1, 0.15) is 17.8 Å². The molecule has 3 rings (SSSR count). The van der Waals surface area contributed by atoms with Gasteiger partial charge in [0.25, 0.3) is 5.91 Å². The van der Waals surface area contributed by atoms with Crippen LogP contribution in [0.2, 0.25) is 0 Å². The SMILES string of the molecule is CNC(=O)c1cc(C2CCN(c3cnccn3)CC2)ncn1. The van der Waals surface area contributed by atoms with E-state index in [2.05, 4.69) is 30.2 Å². The van der Waals surface area contributed by atoms with Crippen molar-refractivity contribution >= 4 is 11.7 Å². The summed E-state index contributed by atoms with van der Waals surface area (Å²) in [6, 6.07) is 1.79. The first-order valence-electron chi connectivity index (χ1n) is 7.33. The molecule has 0 unspecified atom stereocenters. The molecule has 0 aliphatic carbocycles. The van der Waals surface area contributed by atoms with Gasteiger partial charge in [0, 0.05) is 44.1 Å². The molecule has 1 saturated heterocycles. The van der Waals surface area contributed by atoms with Gasteiger partial charge in [0.2, 0.25) is 0 Å². The number of nitrogens with zero attached hydrogens (tertiary/aromatic N) is 5. The third kappa shape index (κ3) is 3.03. The second-order valence-corrected chi connectivity index (χ2v) is 5.23. The minimum Gasteiger partial charge on any atom is -0.355 e. The summed E-state index contributed by atoms with van der Waals surface area (Å²) in [7, 11) is 1.60. The van der Waals surface area contributed by atoms with Crippen molar-refractivity contribution in [2.75, 3.05) is 25.0 Å². The van der Waals surface area contributed by atoms with Crippen LogP contribution in [0.3, 0.4) is 0 Å². The van der Waals surface area contributed by atoms with E-state index in [9.17, 15) is 4.79 Å². The monoisotopic (exact) mass is 298 g/mol. The molecule has 1 aliphatic heterocycles. The van der Waals surface area contributed by atoms with E-state index in [1.165, 1.54) is 6.33 Å². The van der Waals surface area contributed by atoms with Crippen LogP contribution in [-0.2, 0) is 0 Å². The number of carbonyl (C=O) groups excluding carboxylic acids is 1. The molecule has 2 aromatic heterocycles. The molecule has 1 aliphatic rings. The Morgan fingerprint density at radius 1 is 1.23 bits per heavy atom. The minimum absolute atomic E-state index is 0.180. The Morgan fingerprint density at radius 3 is 2.73 bits per heavy atom. The first kappa shape index (κ1) is 14.4. The van der Waals surface area contributed by atoms with E-state index in [1.807, 2.05) is 0 Å². The van der Waals surface area contributed by atoms with Gasteiger partial charge >= 0.3 is 0 Å². The van der Waals surface area contributed by atoms with E-state index in [4.69, 9.17) is 0 Å². The van der Waals surface area contributed by atoms with Gasteiger partial charge in [-0.25, -0.2) is 15.0 Å². The Bertz CT molecular complexity index is 639. The number of hydrogen-bond acceptors (Lipinski definition) is 6. The average molecular weight is 298 g/mol. The lowest BCUT2D eigenvalue weighted by atomic mass is 9.93. The van der Waals surface area contributed by atoms with Gasteiger partial charge in [0.15, 0.2) is 0 Å². The third-order valence-electron chi connectivity index (χ3n) is 3.93. The quantitative estimate of drug-likeness (QED) is 0.910. The van der Waals surface area contributed by atoms with Gasteiger partial charge in [-0.1, -0.05) is 0 Å². The zero-order valence-electron chi connectivity index (χ0n) is 12.4. The number of amides is 1. The first-order valence-corrected chi connectivity index (χ1v) is 7.33. The summed E-state index contributed by atoms with van der Waals surface area (Å²) in [6.07, 6.45) is 8.59. The summed E-state index contributed by atoms with van der Waals surface area (Å²) < 4.78 is 0. The van der Waals surface area contributed by atoms with Gasteiger partial charge in [-0.15, -0.1) is 0 Å². The zero-order chi connectivity index (χ0) is 15.4. The Labute approximate surface area is 128 Å². The van der Waals surface area contributed by atoms with E-state index < -0.39 is 0 Å². The molecule has 0 bridgehead atoms.